The zero-order chi connectivity index (χ0) is 14.5. The maximum Gasteiger partial charge on any atom is 0.357 e. The Morgan fingerprint density at radius 2 is 2.35 bits per heavy atom. The van der Waals surface area contributed by atoms with Crippen LogP contribution < -0.4 is 9.64 Å². The Hall–Kier alpha value is -2.21. The Morgan fingerprint density at radius 3 is 3.00 bits per heavy atom. The van der Waals surface area contributed by atoms with Gasteiger partial charge in [0.1, 0.15) is 18.6 Å². The molecule has 1 heterocycles. The van der Waals surface area contributed by atoms with Crippen molar-refractivity contribution in [3.63, 3.8) is 0 Å². The van der Waals surface area contributed by atoms with E-state index in [4.69, 9.17) is 25.9 Å². The van der Waals surface area contributed by atoms with Gasteiger partial charge in [-0.05, 0) is 18.2 Å². The third-order valence-electron chi connectivity index (χ3n) is 2.53. The van der Waals surface area contributed by atoms with E-state index in [1.807, 2.05) is 0 Å². The average molecular weight is 297 g/mol. The molecule has 0 saturated carbocycles. The molecule has 1 aromatic carbocycles. The van der Waals surface area contributed by atoms with E-state index in [1.54, 1.807) is 36.2 Å². The summed E-state index contributed by atoms with van der Waals surface area (Å²) in [5.41, 5.74) is -0.123. The summed E-state index contributed by atoms with van der Waals surface area (Å²) in [5.74, 6) is -0.451. The lowest BCUT2D eigenvalue weighted by Gasteiger charge is -2.14. The molecule has 0 unspecified atom stereocenters. The summed E-state index contributed by atoms with van der Waals surface area (Å²) in [5, 5.41) is 9.36. The number of nitrogens with zero attached hydrogens (tertiary/aromatic N) is 2. The number of carbonyl (C=O) groups is 1. The molecule has 2 aromatic rings. The minimum absolute atomic E-state index is 0.123. The van der Waals surface area contributed by atoms with Crippen LogP contribution in [-0.4, -0.2) is 36.3 Å². The van der Waals surface area contributed by atoms with Crippen LogP contribution in [-0.2, 0) is 0 Å². The van der Waals surface area contributed by atoms with Gasteiger partial charge in [0.05, 0.1) is 6.54 Å². The van der Waals surface area contributed by atoms with Crippen molar-refractivity contribution < 1.29 is 19.1 Å². The SMILES string of the molecule is CN(CCOc1cccc(Cl)c1)c1nc(C(=O)O)co1. The Morgan fingerprint density at radius 1 is 1.55 bits per heavy atom. The summed E-state index contributed by atoms with van der Waals surface area (Å²) in [6, 6.07) is 7.32. The third-order valence-corrected chi connectivity index (χ3v) is 2.76. The highest BCUT2D eigenvalue weighted by Crippen LogP contribution is 2.17. The summed E-state index contributed by atoms with van der Waals surface area (Å²) >= 11 is 5.84. The van der Waals surface area contributed by atoms with E-state index in [0.717, 1.165) is 6.26 Å². The lowest BCUT2D eigenvalue weighted by atomic mass is 10.3. The molecule has 0 aliphatic carbocycles. The minimum Gasteiger partial charge on any atom is -0.492 e. The zero-order valence-corrected chi connectivity index (χ0v) is 11.5. The topological polar surface area (TPSA) is 75.8 Å². The molecule has 0 radical (unpaired) electrons. The van der Waals surface area contributed by atoms with Crippen LogP contribution in [0.2, 0.25) is 5.02 Å². The summed E-state index contributed by atoms with van der Waals surface area (Å²) in [6.45, 7) is 0.883. The van der Waals surface area contributed by atoms with Crippen molar-refractivity contribution in [3.8, 4) is 5.75 Å². The normalized spacial score (nSPS) is 10.3. The Kier molecular flexibility index (Phi) is 4.47. The highest BCUT2D eigenvalue weighted by Gasteiger charge is 2.13. The predicted molar refractivity (Wildman–Crippen MR) is 73.7 cm³/mol. The van der Waals surface area contributed by atoms with E-state index in [9.17, 15) is 4.79 Å². The molecule has 0 spiro atoms. The fraction of sp³-hybridized carbons (Fsp3) is 0.231. The first-order chi connectivity index (χ1) is 9.56. The molecule has 0 saturated heterocycles. The average Bonchev–Trinajstić information content (AvgIpc) is 2.88. The second kappa shape index (κ2) is 6.29. The molecule has 0 fully saturated rings. The molecule has 0 amide bonds. The highest BCUT2D eigenvalue weighted by atomic mass is 35.5. The van der Waals surface area contributed by atoms with Gasteiger partial charge in [0.15, 0.2) is 5.69 Å². The second-order valence-corrected chi connectivity index (χ2v) is 4.48. The number of oxazole rings is 1. The molecular formula is C13H13ClN2O4. The zero-order valence-electron chi connectivity index (χ0n) is 10.7. The molecule has 20 heavy (non-hydrogen) atoms. The molecular weight excluding hydrogens is 284 g/mol. The second-order valence-electron chi connectivity index (χ2n) is 4.05. The van der Waals surface area contributed by atoms with Gasteiger partial charge in [-0.25, -0.2) is 4.79 Å². The number of aromatic carboxylic acids is 1. The van der Waals surface area contributed by atoms with Crippen LogP contribution in [0, 0.1) is 0 Å². The molecule has 7 heteroatoms. The van der Waals surface area contributed by atoms with Crippen molar-refractivity contribution in [1.29, 1.82) is 0 Å². The number of rotatable bonds is 6. The first kappa shape index (κ1) is 14.2. The highest BCUT2D eigenvalue weighted by molar-refractivity contribution is 6.30. The Labute approximate surface area is 120 Å². The summed E-state index contributed by atoms with van der Waals surface area (Å²) in [7, 11) is 1.73. The van der Waals surface area contributed by atoms with Crippen LogP contribution in [0.3, 0.4) is 0 Å². The first-order valence-electron chi connectivity index (χ1n) is 5.84. The smallest absolute Gasteiger partial charge is 0.357 e. The number of halogens is 1. The summed E-state index contributed by atoms with van der Waals surface area (Å²) in [6.07, 6.45) is 1.10. The monoisotopic (exact) mass is 296 g/mol. The van der Waals surface area contributed by atoms with Gasteiger partial charge >= 0.3 is 5.97 Å². The van der Waals surface area contributed by atoms with Crippen molar-refractivity contribution in [2.24, 2.45) is 0 Å². The largest absolute Gasteiger partial charge is 0.492 e. The number of carboxylic acid groups (broad SMARTS) is 1. The number of hydrogen-bond donors (Lipinski definition) is 1. The van der Waals surface area contributed by atoms with Crippen LogP contribution in [0.4, 0.5) is 6.01 Å². The minimum atomic E-state index is -1.12. The maximum atomic E-state index is 10.7. The molecule has 0 atom stereocenters. The lowest BCUT2D eigenvalue weighted by Crippen LogP contribution is -2.24. The van der Waals surface area contributed by atoms with Gasteiger partial charge in [0.25, 0.3) is 6.01 Å². The number of benzene rings is 1. The molecule has 0 aliphatic heterocycles. The van der Waals surface area contributed by atoms with E-state index in [-0.39, 0.29) is 11.7 Å². The Bertz CT molecular complexity index is 600. The van der Waals surface area contributed by atoms with Crippen LogP contribution in [0.5, 0.6) is 5.75 Å². The Balaban J connectivity index is 1.85. The number of hydrogen-bond acceptors (Lipinski definition) is 5. The molecule has 0 aliphatic rings. The first-order valence-corrected chi connectivity index (χ1v) is 6.22. The number of aromatic nitrogens is 1. The van der Waals surface area contributed by atoms with Gasteiger partial charge in [-0.15, -0.1) is 0 Å². The lowest BCUT2D eigenvalue weighted by molar-refractivity contribution is 0.0690. The van der Waals surface area contributed by atoms with Crippen molar-refractivity contribution >= 4 is 23.6 Å². The number of likely N-dealkylation sites (N-methyl/N-ethyl adjacent to an activating group) is 1. The van der Waals surface area contributed by atoms with Gasteiger partial charge in [0.2, 0.25) is 0 Å². The molecule has 0 bridgehead atoms. The van der Waals surface area contributed by atoms with E-state index in [2.05, 4.69) is 4.98 Å². The standard InChI is InChI=1S/C13H13ClN2O4/c1-16(13-15-11(8-20-13)12(17)18)5-6-19-10-4-2-3-9(14)7-10/h2-4,7-8H,5-6H2,1H3,(H,17,18). The van der Waals surface area contributed by atoms with Crippen LogP contribution >= 0.6 is 11.6 Å². The van der Waals surface area contributed by atoms with Crippen molar-refractivity contribution in [2.75, 3.05) is 25.1 Å². The van der Waals surface area contributed by atoms with Gasteiger partial charge in [-0.2, -0.15) is 4.98 Å². The van der Waals surface area contributed by atoms with Gasteiger partial charge in [0, 0.05) is 12.1 Å². The van der Waals surface area contributed by atoms with Crippen molar-refractivity contribution in [1.82, 2.24) is 4.98 Å². The molecule has 106 valence electrons. The quantitative estimate of drug-likeness (QED) is 0.883. The van der Waals surface area contributed by atoms with Gasteiger partial charge < -0.3 is 19.2 Å². The van der Waals surface area contributed by atoms with Crippen LogP contribution in [0.25, 0.3) is 0 Å². The summed E-state index contributed by atoms with van der Waals surface area (Å²) < 4.78 is 10.6. The fourth-order valence-electron chi connectivity index (χ4n) is 1.49. The van der Waals surface area contributed by atoms with Crippen LogP contribution in [0.1, 0.15) is 10.5 Å². The maximum absolute atomic E-state index is 10.7. The predicted octanol–water partition coefficient (Wildman–Crippen LogP) is 2.54. The fourth-order valence-corrected chi connectivity index (χ4v) is 1.67. The van der Waals surface area contributed by atoms with Gasteiger partial charge in [-0.3, -0.25) is 0 Å². The number of ether oxygens (including phenoxy) is 1. The number of anilines is 1. The van der Waals surface area contributed by atoms with E-state index < -0.39 is 5.97 Å². The molecule has 2 rings (SSSR count). The third kappa shape index (κ3) is 3.64. The van der Waals surface area contributed by atoms with E-state index >= 15 is 0 Å². The van der Waals surface area contributed by atoms with E-state index in [0.29, 0.717) is 23.9 Å². The van der Waals surface area contributed by atoms with E-state index in [1.165, 1.54) is 0 Å². The van der Waals surface area contributed by atoms with Crippen molar-refractivity contribution in [2.45, 2.75) is 0 Å². The van der Waals surface area contributed by atoms with Crippen LogP contribution in [0.15, 0.2) is 34.9 Å². The summed E-state index contributed by atoms with van der Waals surface area (Å²) in [4.78, 5) is 16.2. The molecule has 1 N–H and O–H groups in total. The van der Waals surface area contributed by atoms with Gasteiger partial charge in [-0.1, -0.05) is 17.7 Å². The molecule has 6 nitrogen and oxygen atoms in total. The number of carboxylic acids is 1. The van der Waals surface area contributed by atoms with Crippen molar-refractivity contribution in [3.05, 3.63) is 41.2 Å². The molecule has 1 aromatic heterocycles.